The molecule has 1 aliphatic rings. The van der Waals surface area contributed by atoms with Crippen LogP contribution < -0.4 is 16.0 Å². The smallest absolute Gasteiger partial charge is 0.222 e. The Bertz CT molecular complexity index is 713. The van der Waals surface area contributed by atoms with E-state index in [1.165, 1.54) is 9.75 Å². The van der Waals surface area contributed by atoms with Gasteiger partial charge >= 0.3 is 0 Å². The minimum atomic E-state index is -2.97. The predicted molar refractivity (Wildman–Crippen MR) is 102 cm³/mol. The average molecular weight is 387 g/mol. The van der Waals surface area contributed by atoms with Gasteiger partial charge in [-0.1, -0.05) is 6.92 Å². The maximum Gasteiger partial charge on any atom is 0.222 e. The zero-order valence-corrected chi connectivity index (χ0v) is 16.3. The quantitative estimate of drug-likeness (QED) is 0.472. The highest BCUT2D eigenvalue weighted by atomic mass is 32.2. The Kier molecular flexibility index (Phi) is 7.24. The number of aryl methyl sites for hydroxylation is 1. The van der Waals surface area contributed by atoms with Gasteiger partial charge in [0, 0.05) is 35.8 Å². The standard InChI is InChI=1S/C16H26N4O3S2/c1-3-13-4-5-14(24-13)10-19-16(17-2)18-8-6-15(21)20-12-7-9-25(22,23)11-12/h4-5,12H,3,6-11H2,1-2H3,(H,20,21)(H2,17,18,19). The van der Waals surface area contributed by atoms with Crippen LogP contribution in [0, 0.1) is 0 Å². The molecule has 0 aliphatic carbocycles. The van der Waals surface area contributed by atoms with Crippen LogP contribution in [0.2, 0.25) is 0 Å². The first-order valence-corrected chi connectivity index (χ1v) is 11.1. The highest BCUT2D eigenvalue weighted by Crippen LogP contribution is 2.16. The van der Waals surface area contributed by atoms with Crippen LogP contribution in [0.15, 0.2) is 17.1 Å². The van der Waals surface area contributed by atoms with Gasteiger partial charge in [-0.3, -0.25) is 9.79 Å². The Labute approximate surface area is 153 Å². The van der Waals surface area contributed by atoms with Gasteiger partial charge in [-0.2, -0.15) is 0 Å². The third-order valence-corrected chi connectivity index (χ3v) is 6.96. The Morgan fingerprint density at radius 2 is 2.08 bits per heavy atom. The third kappa shape index (κ3) is 6.66. The number of guanidine groups is 1. The summed E-state index contributed by atoms with van der Waals surface area (Å²) in [5.74, 6) is 0.712. The number of hydrogen-bond acceptors (Lipinski definition) is 5. The van der Waals surface area contributed by atoms with Crippen molar-refractivity contribution in [3.8, 4) is 0 Å². The van der Waals surface area contributed by atoms with Crippen LogP contribution in [0.25, 0.3) is 0 Å². The SMILES string of the molecule is CCc1ccc(CNC(=NC)NCCC(=O)NC2CCS(=O)(=O)C2)s1. The second kappa shape index (κ2) is 9.19. The highest BCUT2D eigenvalue weighted by molar-refractivity contribution is 7.91. The van der Waals surface area contributed by atoms with Crippen molar-refractivity contribution in [2.75, 3.05) is 25.1 Å². The van der Waals surface area contributed by atoms with E-state index >= 15 is 0 Å². The van der Waals surface area contributed by atoms with Gasteiger partial charge in [0.1, 0.15) is 0 Å². The molecule has 1 unspecified atom stereocenters. The maximum absolute atomic E-state index is 11.9. The number of thiophene rings is 1. The molecule has 2 rings (SSSR count). The van der Waals surface area contributed by atoms with E-state index in [2.05, 4.69) is 40.0 Å². The largest absolute Gasteiger partial charge is 0.356 e. The Morgan fingerprint density at radius 3 is 2.68 bits per heavy atom. The van der Waals surface area contributed by atoms with Crippen LogP contribution in [0.1, 0.15) is 29.5 Å². The molecule has 0 saturated carbocycles. The van der Waals surface area contributed by atoms with E-state index in [-0.39, 0.29) is 29.9 Å². The lowest BCUT2D eigenvalue weighted by atomic mass is 10.2. The first kappa shape index (κ1) is 19.7. The summed E-state index contributed by atoms with van der Waals surface area (Å²) in [6, 6.07) is 3.99. The van der Waals surface area contributed by atoms with Gasteiger partial charge < -0.3 is 16.0 Å². The maximum atomic E-state index is 11.9. The molecule has 7 nitrogen and oxygen atoms in total. The molecule has 1 atom stereocenters. The summed E-state index contributed by atoms with van der Waals surface area (Å²) in [7, 11) is -1.29. The van der Waals surface area contributed by atoms with E-state index in [9.17, 15) is 13.2 Å². The summed E-state index contributed by atoms with van der Waals surface area (Å²) in [6.07, 6.45) is 1.82. The van der Waals surface area contributed by atoms with Crippen molar-refractivity contribution >= 4 is 33.0 Å². The summed E-state index contributed by atoms with van der Waals surface area (Å²) in [4.78, 5) is 18.6. The number of carbonyl (C=O) groups excluding carboxylic acids is 1. The summed E-state index contributed by atoms with van der Waals surface area (Å²) in [5.41, 5.74) is 0. The van der Waals surface area contributed by atoms with Crippen LogP contribution in [0.4, 0.5) is 0 Å². The zero-order chi connectivity index (χ0) is 18.3. The fraction of sp³-hybridized carbons (Fsp3) is 0.625. The molecule has 1 saturated heterocycles. The van der Waals surface area contributed by atoms with E-state index in [0.29, 0.717) is 25.5 Å². The van der Waals surface area contributed by atoms with Crippen molar-refractivity contribution in [1.82, 2.24) is 16.0 Å². The number of amides is 1. The molecule has 1 fully saturated rings. The molecule has 9 heteroatoms. The van der Waals surface area contributed by atoms with Gasteiger partial charge in [0.2, 0.25) is 5.91 Å². The molecule has 1 aromatic rings. The first-order chi connectivity index (χ1) is 11.9. The molecule has 0 spiro atoms. The molecule has 1 aromatic heterocycles. The molecule has 3 N–H and O–H groups in total. The zero-order valence-electron chi connectivity index (χ0n) is 14.7. The summed E-state index contributed by atoms with van der Waals surface area (Å²) >= 11 is 1.77. The van der Waals surface area contributed by atoms with Crippen LogP contribution in [-0.2, 0) is 27.6 Å². The lowest BCUT2D eigenvalue weighted by molar-refractivity contribution is -0.121. The van der Waals surface area contributed by atoms with Crippen molar-refractivity contribution in [2.45, 2.75) is 38.8 Å². The highest BCUT2D eigenvalue weighted by Gasteiger charge is 2.28. The first-order valence-electron chi connectivity index (χ1n) is 8.43. The predicted octanol–water partition coefficient (Wildman–Crippen LogP) is 0.669. The molecule has 140 valence electrons. The van der Waals surface area contributed by atoms with Crippen LogP contribution in [0.3, 0.4) is 0 Å². The summed E-state index contributed by atoms with van der Waals surface area (Å²) in [6.45, 7) is 3.27. The van der Waals surface area contributed by atoms with E-state index in [1.807, 2.05) is 0 Å². The van der Waals surface area contributed by atoms with Crippen molar-refractivity contribution < 1.29 is 13.2 Å². The second-order valence-corrected chi connectivity index (χ2v) is 9.47. The fourth-order valence-corrected chi connectivity index (χ4v) is 5.17. The lowest BCUT2D eigenvalue weighted by Crippen LogP contribution is -2.40. The average Bonchev–Trinajstić information content (AvgIpc) is 3.16. The van der Waals surface area contributed by atoms with Crippen LogP contribution in [-0.4, -0.2) is 51.4 Å². The molecule has 1 amide bonds. The number of aliphatic imine (C=N–C) groups is 1. The van der Waals surface area contributed by atoms with Gasteiger partial charge in [-0.15, -0.1) is 11.3 Å². The number of sulfone groups is 1. The second-order valence-electron chi connectivity index (χ2n) is 5.99. The van der Waals surface area contributed by atoms with E-state index < -0.39 is 9.84 Å². The van der Waals surface area contributed by atoms with Gasteiger partial charge in [-0.25, -0.2) is 8.42 Å². The van der Waals surface area contributed by atoms with Crippen LogP contribution in [0.5, 0.6) is 0 Å². The number of carbonyl (C=O) groups is 1. The van der Waals surface area contributed by atoms with Crippen molar-refractivity contribution in [1.29, 1.82) is 0 Å². The van der Waals surface area contributed by atoms with Gasteiger partial charge in [0.15, 0.2) is 15.8 Å². The molecule has 1 aliphatic heterocycles. The minimum absolute atomic E-state index is 0.0515. The van der Waals surface area contributed by atoms with Gasteiger partial charge in [0.25, 0.3) is 0 Å². The molecular formula is C16H26N4O3S2. The Hall–Kier alpha value is -1.61. The molecule has 0 radical (unpaired) electrons. The normalized spacial score (nSPS) is 19.6. The molecule has 2 heterocycles. The summed E-state index contributed by atoms with van der Waals surface area (Å²) < 4.78 is 22.8. The number of nitrogens with zero attached hydrogens (tertiary/aromatic N) is 1. The number of hydrogen-bond donors (Lipinski definition) is 3. The van der Waals surface area contributed by atoms with Crippen molar-refractivity contribution in [2.24, 2.45) is 4.99 Å². The van der Waals surface area contributed by atoms with Gasteiger partial charge in [-0.05, 0) is 25.0 Å². The summed E-state index contributed by atoms with van der Waals surface area (Å²) in [5, 5.41) is 9.09. The van der Waals surface area contributed by atoms with Crippen molar-refractivity contribution in [3.63, 3.8) is 0 Å². The lowest BCUT2D eigenvalue weighted by Gasteiger charge is -2.13. The number of nitrogens with one attached hydrogen (secondary N) is 3. The van der Waals surface area contributed by atoms with Crippen LogP contribution >= 0.6 is 11.3 Å². The molecular weight excluding hydrogens is 360 g/mol. The Balaban J connectivity index is 1.66. The molecule has 0 aromatic carbocycles. The number of rotatable bonds is 7. The van der Waals surface area contributed by atoms with E-state index in [0.717, 1.165) is 6.42 Å². The minimum Gasteiger partial charge on any atom is -0.356 e. The molecule has 0 bridgehead atoms. The third-order valence-electron chi connectivity index (χ3n) is 3.96. The monoisotopic (exact) mass is 386 g/mol. The molecule has 25 heavy (non-hydrogen) atoms. The Morgan fingerprint density at radius 1 is 1.32 bits per heavy atom. The van der Waals surface area contributed by atoms with E-state index in [4.69, 9.17) is 0 Å². The topological polar surface area (TPSA) is 99.7 Å². The fourth-order valence-electron chi connectivity index (χ4n) is 2.60. The van der Waals surface area contributed by atoms with Gasteiger partial charge in [0.05, 0.1) is 18.1 Å². The van der Waals surface area contributed by atoms with E-state index in [1.54, 1.807) is 18.4 Å². The van der Waals surface area contributed by atoms with Crippen molar-refractivity contribution in [3.05, 3.63) is 21.9 Å².